The fraction of sp³-hybridized carbons (Fsp3) is 0.136. The maximum atomic E-state index is 14.0. The van der Waals surface area contributed by atoms with Gasteiger partial charge in [-0.05, 0) is 41.0 Å². The number of benzene rings is 3. The molecule has 0 spiro atoms. The summed E-state index contributed by atoms with van der Waals surface area (Å²) in [4.78, 5) is 4.53. The number of rotatable bonds is 5. The smallest absolute Gasteiger partial charge is 0.228 e. The number of hydrogen-bond donors (Lipinski definition) is 0. The predicted octanol–water partition coefficient (Wildman–Crippen LogP) is 6.17. The first-order chi connectivity index (χ1) is 13.7. The van der Waals surface area contributed by atoms with Crippen molar-refractivity contribution in [2.75, 3.05) is 12.6 Å². The van der Waals surface area contributed by atoms with Crippen LogP contribution in [0.4, 0.5) is 13.2 Å². The van der Waals surface area contributed by atoms with Gasteiger partial charge in [-0.25, -0.2) is 13.2 Å². The van der Waals surface area contributed by atoms with Crippen LogP contribution in [0.1, 0.15) is 17.2 Å². The van der Waals surface area contributed by atoms with E-state index >= 15 is 0 Å². The van der Waals surface area contributed by atoms with Gasteiger partial charge in [0.25, 0.3) is 0 Å². The maximum absolute atomic E-state index is 14.0. The first-order valence-corrected chi connectivity index (χ1v) is 9.68. The molecule has 4 rings (SSSR count). The molecule has 2 nitrogen and oxygen atoms in total. The highest BCUT2D eigenvalue weighted by Gasteiger charge is 2.25. The summed E-state index contributed by atoms with van der Waals surface area (Å²) in [7, 11) is 0. The summed E-state index contributed by atoms with van der Waals surface area (Å²) in [5.41, 5.74) is 2.92. The number of ether oxygens (including phenoxy) is 1. The zero-order chi connectivity index (χ0) is 19.5. The third kappa shape index (κ3) is 3.78. The highest BCUT2D eigenvalue weighted by Crippen LogP contribution is 2.35. The molecule has 6 heteroatoms. The fourth-order valence-electron chi connectivity index (χ4n) is 3.09. The molecular weight excluding hydrogens is 383 g/mol. The lowest BCUT2D eigenvalue weighted by molar-refractivity contribution is 0.192. The Morgan fingerprint density at radius 3 is 2.11 bits per heavy atom. The molecule has 0 fully saturated rings. The van der Waals surface area contributed by atoms with Gasteiger partial charge in [-0.2, -0.15) is 0 Å². The summed E-state index contributed by atoms with van der Waals surface area (Å²) in [6, 6.07) is 18.7. The normalized spacial score (nSPS) is 16.1. The van der Waals surface area contributed by atoms with Crippen LogP contribution in [0.2, 0.25) is 0 Å². The Morgan fingerprint density at radius 2 is 1.50 bits per heavy atom. The molecule has 0 radical (unpaired) electrons. The van der Waals surface area contributed by atoms with Gasteiger partial charge >= 0.3 is 0 Å². The van der Waals surface area contributed by atoms with E-state index in [1.165, 1.54) is 30.0 Å². The molecule has 1 aliphatic rings. The van der Waals surface area contributed by atoms with Crippen LogP contribution < -0.4 is 4.74 Å². The summed E-state index contributed by atoms with van der Waals surface area (Å²) in [5.74, 6) is -0.0736. The van der Waals surface area contributed by atoms with Crippen molar-refractivity contribution < 1.29 is 17.9 Å². The van der Waals surface area contributed by atoms with Gasteiger partial charge in [0.05, 0.1) is 11.6 Å². The van der Waals surface area contributed by atoms with Crippen LogP contribution >= 0.6 is 11.8 Å². The van der Waals surface area contributed by atoms with Crippen molar-refractivity contribution in [2.24, 2.45) is 4.99 Å². The Balaban J connectivity index is 1.54. The topological polar surface area (TPSA) is 21.6 Å². The Kier molecular flexibility index (Phi) is 5.39. The average molecular weight is 399 g/mol. The molecule has 0 amide bonds. The van der Waals surface area contributed by atoms with Crippen molar-refractivity contribution in [1.82, 2.24) is 0 Å². The third-order valence-corrected chi connectivity index (χ3v) is 5.60. The molecule has 1 unspecified atom stereocenters. The molecule has 1 heterocycles. The first-order valence-electron chi connectivity index (χ1n) is 8.70. The molecule has 3 aromatic rings. The van der Waals surface area contributed by atoms with Crippen molar-refractivity contribution in [3.63, 3.8) is 0 Å². The Bertz CT molecular complexity index is 983. The van der Waals surface area contributed by atoms with Gasteiger partial charge < -0.3 is 4.74 Å². The van der Waals surface area contributed by atoms with Crippen LogP contribution in [0.25, 0.3) is 11.1 Å². The fourth-order valence-corrected chi connectivity index (χ4v) is 4.21. The molecule has 0 aromatic heterocycles. The van der Waals surface area contributed by atoms with Crippen molar-refractivity contribution in [1.29, 1.82) is 0 Å². The molecule has 142 valence electrons. The highest BCUT2D eigenvalue weighted by molar-refractivity contribution is 8.14. The zero-order valence-corrected chi connectivity index (χ0v) is 15.6. The minimum atomic E-state index is -0.854. The van der Waals surface area contributed by atoms with Crippen molar-refractivity contribution >= 4 is 16.8 Å². The number of thioether (sulfide) groups is 1. The second kappa shape index (κ2) is 8.10. The van der Waals surface area contributed by atoms with Crippen molar-refractivity contribution in [3.05, 3.63) is 89.5 Å². The van der Waals surface area contributed by atoms with Crippen molar-refractivity contribution in [2.45, 2.75) is 6.04 Å². The Hall–Kier alpha value is -2.73. The molecule has 0 aliphatic carbocycles. The van der Waals surface area contributed by atoms with Gasteiger partial charge in [0.15, 0.2) is 0 Å². The lowest BCUT2D eigenvalue weighted by Crippen LogP contribution is -2.00. The van der Waals surface area contributed by atoms with E-state index in [9.17, 15) is 13.2 Å². The lowest BCUT2D eigenvalue weighted by atomic mass is 10.0. The van der Waals surface area contributed by atoms with E-state index in [4.69, 9.17) is 4.74 Å². The van der Waals surface area contributed by atoms with Gasteiger partial charge in [-0.15, -0.1) is 11.8 Å². The molecular formula is C22H16F3NOS. The summed E-state index contributed by atoms with van der Waals surface area (Å²) < 4.78 is 45.0. The maximum Gasteiger partial charge on any atom is 0.228 e. The third-order valence-electron chi connectivity index (χ3n) is 4.53. The van der Waals surface area contributed by atoms with Gasteiger partial charge in [-0.3, -0.25) is 4.99 Å². The molecule has 0 saturated heterocycles. The largest absolute Gasteiger partial charge is 0.463 e. The first kappa shape index (κ1) is 18.6. The second-order valence-electron chi connectivity index (χ2n) is 6.26. The standard InChI is InChI=1S/C22H16F3NOS/c23-13-27-17-10-8-15(9-11-17)14-4-6-16(7-5-14)20-12-28-22(26-20)21-18(24)2-1-3-19(21)25/h1-11,20H,12-13H2. The van der Waals surface area contributed by atoms with Gasteiger partial charge in [-0.1, -0.05) is 42.5 Å². The van der Waals surface area contributed by atoms with Crippen LogP contribution in [0.15, 0.2) is 71.7 Å². The molecule has 0 N–H and O–H groups in total. The predicted molar refractivity (Wildman–Crippen MR) is 107 cm³/mol. The van der Waals surface area contributed by atoms with E-state index in [1.54, 1.807) is 12.1 Å². The zero-order valence-electron chi connectivity index (χ0n) is 14.7. The summed E-state index contributed by atoms with van der Waals surface area (Å²) in [6.45, 7) is -0.854. The Labute approximate surface area is 165 Å². The molecule has 0 saturated carbocycles. The minimum Gasteiger partial charge on any atom is -0.463 e. The number of halogens is 3. The number of nitrogens with zero attached hydrogens (tertiary/aromatic N) is 1. The Morgan fingerprint density at radius 1 is 0.893 bits per heavy atom. The number of alkyl halides is 1. The number of aliphatic imine (C=N–C) groups is 1. The van der Waals surface area contributed by atoms with E-state index in [1.807, 2.05) is 36.4 Å². The van der Waals surface area contributed by atoms with Crippen LogP contribution in [0.5, 0.6) is 5.75 Å². The van der Waals surface area contributed by atoms with E-state index in [2.05, 4.69) is 4.99 Å². The average Bonchev–Trinajstić information content (AvgIpc) is 3.19. The van der Waals surface area contributed by atoms with Crippen LogP contribution in [-0.2, 0) is 0 Å². The van der Waals surface area contributed by atoms with Crippen LogP contribution in [0, 0.1) is 11.6 Å². The summed E-state index contributed by atoms with van der Waals surface area (Å²) in [5, 5.41) is 0.396. The van der Waals surface area contributed by atoms with Gasteiger partial charge in [0.1, 0.15) is 22.4 Å². The van der Waals surface area contributed by atoms with E-state index in [0.29, 0.717) is 16.5 Å². The number of hydrogen-bond acceptors (Lipinski definition) is 3. The molecule has 1 atom stereocenters. The van der Waals surface area contributed by atoms with E-state index < -0.39 is 18.5 Å². The highest BCUT2D eigenvalue weighted by atomic mass is 32.2. The van der Waals surface area contributed by atoms with E-state index in [-0.39, 0.29) is 11.6 Å². The monoisotopic (exact) mass is 399 g/mol. The summed E-state index contributed by atoms with van der Waals surface area (Å²) >= 11 is 1.36. The van der Waals surface area contributed by atoms with Crippen LogP contribution in [-0.4, -0.2) is 17.7 Å². The summed E-state index contributed by atoms with van der Waals surface area (Å²) in [6.07, 6.45) is 0. The molecule has 0 bridgehead atoms. The molecule has 3 aromatic carbocycles. The SMILES string of the molecule is FCOc1ccc(-c2ccc(C3CSC(c4c(F)cccc4F)=N3)cc2)cc1. The van der Waals surface area contributed by atoms with Gasteiger partial charge in [0.2, 0.25) is 6.86 Å². The molecule has 1 aliphatic heterocycles. The molecule has 28 heavy (non-hydrogen) atoms. The van der Waals surface area contributed by atoms with E-state index in [0.717, 1.165) is 16.7 Å². The van der Waals surface area contributed by atoms with Crippen LogP contribution in [0.3, 0.4) is 0 Å². The minimum absolute atomic E-state index is 0.0535. The lowest BCUT2D eigenvalue weighted by Gasteiger charge is -2.09. The van der Waals surface area contributed by atoms with Crippen molar-refractivity contribution in [3.8, 4) is 16.9 Å². The second-order valence-corrected chi connectivity index (χ2v) is 7.27. The van der Waals surface area contributed by atoms with Gasteiger partial charge in [0, 0.05) is 5.75 Å². The quantitative estimate of drug-likeness (QED) is 0.512.